The maximum absolute atomic E-state index is 12.1. The van der Waals surface area contributed by atoms with Crippen LogP contribution in [0.15, 0.2) is 23.1 Å². The minimum absolute atomic E-state index is 0.179. The predicted molar refractivity (Wildman–Crippen MR) is 82.6 cm³/mol. The average molecular weight is 290 g/mol. The second-order valence-corrected chi connectivity index (χ2v) is 6.26. The molecule has 1 saturated heterocycles. The second-order valence-electron chi connectivity index (χ2n) is 5.30. The van der Waals surface area contributed by atoms with Gasteiger partial charge in [-0.1, -0.05) is 11.3 Å². The zero-order valence-electron chi connectivity index (χ0n) is 11.7. The number of piperidine rings is 1. The Balaban J connectivity index is 1.92. The Morgan fingerprint density at radius 1 is 1.40 bits per heavy atom. The number of hydrogen-bond donors (Lipinski definition) is 0. The van der Waals surface area contributed by atoms with Crippen LogP contribution in [0.2, 0.25) is 0 Å². The van der Waals surface area contributed by atoms with Crippen molar-refractivity contribution in [2.45, 2.75) is 18.9 Å². The van der Waals surface area contributed by atoms with E-state index in [2.05, 4.69) is 26.8 Å². The topological polar surface area (TPSA) is 49.3 Å². The first-order valence-electron chi connectivity index (χ1n) is 6.82. The van der Waals surface area contributed by atoms with E-state index in [-0.39, 0.29) is 5.56 Å². The van der Waals surface area contributed by atoms with Gasteiger partial charge in [0.1, 0.15) is 4.83 Å². The van der Waals surface area contributed by atoms with Gasteiger partial charge in [0.2, 0.25) is 0 Å². The second kappa shape index (κ2) is 5.46. The number of hydrogen-bond acceptors (Lipinski definition) is 6. The van der Waals surface area contributed by atoms with E-state index < -0.39 is 0 Å². The largest absolute Gasteiger partial charge is 0.348 e. The lowest BCUT2D eigenvalue weighted by atomic mass is 10.0. The van der Waals surface area contributed by atoms with E-state index in [1.807, 2.05) is 7.05 Å². The monoisotopic (exact) mass is 290 g/mol. The number of pyridine rings is 1. The highest BCUT2D eigenvalue weighted by atomic mass is 32.1. The summed E-state index contributed by atoms with van der Waals surface area (Å²) in [6, 6.07) is 4.02. The van der Waals surface area contributed by atoms with E-state index in [0.29, 0.717) is 11.4 Å². The maximum Gasteiger partial charge on any atom is 0.282 e. The quantitative estimate of drug-likeness (QED) is 0.840. The predicted octanol–water partition coefficient (Wildman–Crippen LogP) is 1.58. The van der Waals surface area contributed by atoms with Gasteiger partial charge in [-0.25, -0.2) is 4.98 Å². The number of fused-ring (bicyclic) bond motifs is 1. The molecule has 3 heterocycles. The van der Waals surface area contributed by atoms with Gasteiger partial charge in [0.05, 0.1) is 5.39 Å². The lowest BCUT2D eigenvalue weighted by Crippen LogP contribution is -2.42. The zero-order valence-corrected chi connectivity index (χ0v) is 12.6. The van der Waals surface area contributed by atoms with Gasteiger partial charge in [0, 0.05) is 19.3 Å². The molecule has 0 aliphatic carbocycles. The first kappa shape index (κ1) is 13.5. The summed E-state index contributed by atoms with van der Waals surface area (Å²) in [7, 11) is 4.18. The van der Waals surface area contributed by atoms with Gasteiger partial charge in [-0.3, -0.25) is 4.79 Å². The minimum atomic E-state index is -0.179. The highest BCUT2D eigenvalue weighted by molar-refractivity contribution is 7.21. The molecule has 0 saturated carbocycles. The summed E-state index contributed by atoms with van der Waals surface area (Å²) in [6.07, 6.45) is 3.93. The first-order valence-corrected chi connectivity index (χ1v) is 7.64. The summed E-state index contributed by atoms with van der Waals surface area (Å²) in [5.74, 6) is 0. The number of anilines is 1. The Bertz CT molecular complexity index is 664. The van der Waals surface area contributed by atoms with Crippen molar-refractivity contribution >= 4 is 26.7 Å². The highest BCUT2D eigenvalue weighted by Crippen LogP contribution is 2.25. The fraction of sp³-hybridized carbons (Fsp3) is 0.500. The molecule has 0 unspecified atom stereocenters. The molecule has 0 spiro atoms. The van der Waals surface area contributed by atoms with E-state index in [9.17, 15) is 4.79 Å². The summed E-state index contributed by atoms with van der Waals surface area (Å²) in [5.41, 5.74) is -0.179. The van der Waals surface area contributed by atoms with E-state index in [1.165, 1.54) is 11.3 Å². The van der Waals surface area contributed by atoms with Crippen LogP contribution in [0.1, 0.15) is 12.8 Å². The third-order valence-corrected chi connectivity index (χ3v) is 5.00. The Labute approximate surface area is 121 Å². The molecule has 0 radical (unpaired) electrons. The van der Waals surface area contributed by atoms with Crippen LogP contribution in [0.3, 0.4) is 0 Å². The van der Waals surface area contributed by atoms with Crippen LogP contribution >= 0.6 is 11.3 Å². The Morgan fingerprint density at radius 2 is 2.15 bits per heavy atom. The van der Waals surface area contributed by atoms with Crippen LogP contribution < -0.4 is 10.5 Å². The molecule has 0 amide bonds. The van der Waals surface area contributed by atoms with Gasteiger partial charge in [-0.2, -0.15) is 4.98 Å². The van der Waals surface area contributed by atoms with Crippen molar-refractivity contribution < 1.29 is 0 Å². The minimum Gasteiger partial charge on any atom is -0.348 e. The van der Waals surface area contributed by atoms with Crippen LogP contribution in [-0.2, 0) is 0 Å². The molecule has 20 heavy (non-hydrogen) atoms. The van der Waals surface area contributed by atoms with Crippen LogP contribution in [0.4, 0.5) is 5.13 Å². The summed E-state index contributed by atoms with van der Waals surface area (Å²) in [5, 5.41) is 1.38. The molecule has 0 N–H and O–H groups in total. The van der Waals surface area contributed by atoms with E-state index >= 15 is 0 Å². The van der Waals surface area contributed by atoms with Gasteiger partial charge in [0.25, 0.3) is 5.56 Å². The van der Waals surface area contributed by atoms with E-state index in [4.69, 9.17) is 0 Å². The van der Waals surface area contributed by atoms with Gasteiger partial charge in [0.15, 0.2) is 5.13 Å². The van der Waals surface area contributed by atoms with Crippen LogP contribution in [0.25, 0.3) is 10.2 Å². The molecule has 2 aromatic heterocycles. The number of aromatic nitrogens is 2. The summed E-state index contributed by atoms with van der Waals surface area (Å²) < 4.78 is 0. The first-order chi connectivity index (χ1) is 9.65. The molecule has 6 heteroatoms. The van der Waals surface area contributed by atoms with Gasteiger partial charge >= 0.3 is 0 Å². The maximum atomic E-state index is 12.1. The zero-order chi connectivity index (χ0) is 14.1. The van der Waals surface area contributed by atoms with Gasteiger partial charge in [-0.15, -0.1) is 0 Å². The Morgan fingerprint density at radius 3 is 2.90 bits per heavy atom. The smallest absolute Gasteiger partial charge is 0.282 e. The fourth-order valence-corrected chi connectivity index (χ4v) is 3.55. The molecule has 0 bridgehead atoms. The van der Waals surface area contributed by atoms with Crippen molar-refractivity contribution in [3.8, 4) is 0 Å². The van der Waals surface area contributed by atoms with Crippen molar-refractivity contribution in [3.63, 3.8) is 0 Å². The third-order valence-electron chi connectivity index (χ3n) is 3.92. The van der Waals surface area contributed by atoms with Crippen LogP contribution in [0.5, 0.6) is 0 Å². The molecule has 1 aliphatic heterocycles. The number of nitrogens with zero attached hydrogens (tertiary/aromatic N) is 4. The molecular formula is C14H18N4OS. The Hall–Kier alpha value is -1.53. The van der Waals surface area contributed by atoms with Crippen LogP contribution in [0, 0.1) is 0 Å². The van der Waals surface area contributed by atoms with E-state index in [0.717, 1.165) is 35.9 Å². The summed E-state index contributed by atoms with van der Waals surface area (Å²) >= 11 is 1.49. The number of likely N-dealkylation sites (tertiary alicyclic amines) is 1. The number of rotatable bonds is 2. The highest BCUT2D eigenvalue weighted by Gasteiger charge is 2.22. The Kier molecular flexibility index (Phi) is 3.67. The van der Waals surface area contributed by atoms with Gasteiger partial charge in [-0.05, 0) is 45.1 Å². The lowest BCUT2D eigenvalue weighted by molar-refractivity contribution is 0.253. The molecule has 5 nitrogen and oxygen atoms in total. The van der Waals surface area contributed by atoms with Crippen molar-refractivity contribution in [2.24, 2.45) is 0 Å². The molecule has 1 aliphatic rings. The molecule has 106 valence electrons. The standard InChI is InChI=1S/C14H18N4OS/c1-17-8-5-10(6-9-17)18(2)14-16-12(19)11-4-3-7-15-13(11)20-14/h3-4,7,10H,5-6,8-9H2,1-2H3. The molecule has 0 aromatic carbocycles. The van der Waals surface area contributed by atoms with Crippen molar-refractivity contribution in [1.82, 2.24) is 14.9 Å². The lowest BCUT2D eigenvalue weighted by Gasteiger charge is -2.35. The summed E-state index contributed by atoms with van der Waals surface area (Å²) in [4.78, 5) is 25.8. The molecule has 3 rings (SSSR count). The van der Waals surface area contributed by atoms with Crippen molar-refractivity contribution in [2.75, 3.05) is 32.1 Å². The molecule has 1 fully saturated rings. The summed E-state index contributed by atoms with van der Waals surface area (Å²) in [6.45, 7) is 2.19. The van der Waals surface area contributed by atoms with E-state index in [1.54, 1.807) is 18.3 Å². The fourth-order valence-electron chi connectivity index (χ4n) is 2.58. The molecule has 2 aromatic rings. The van der Waals surface area contributed by atoms with Crippen molar-refractivity contribution in [1.29, 1.82) is 0 Å². The average Bonchev–Trinajstić information content (AvgIpc) is 2.47. The third kappa shape index (κ3) is 2.53. The van der Waals surface area contributed by atoms with Crippen LogP contribution in [-0.4, -0.2) is 48.1 Å². The SMILES string of the molecule is CN1CCC(N(C)c2nc(=O)c3cccnc3s2)CC1. The normalized spacial score (nSPS) is 17.5. The molecular weight excluding hydrogens is 272 g/mol. The van der Waals surface area contributed by atoms with Gasteiger partial charge < -0.3 is 9.80 Å². The molecule has 0 atom stereocenters. The van der Waals surface area contributed by atoms with Crippen molar-refractivity contribution in [3.05, 3.63) is 28.7 Å².